The zero-order chi connectivity index (χ0) is 11.7. The number of halogens is 1. The molecular weight excluding hydrogens is 254 g/mol. The molecule has 2 aliphatic carbocycles. The van der Waals surface area contributed by atoms with E-state index in [1.165, 1.54) is 43.6 Å². The molecule has 0 amide bonds. The van der Waals surface area contributed by atoms with Crippen molar-refractivity contribution in [3.63, 3.8) is 0 Å². The van der Waals surface area contributed by atoms with E-state index in [0.717, 1.165) is 23.8 Å². The Bertz CT molecular complexity index is 378. The summed E-state index contributed by atoms with van der Waals surface area (Å²) in [5, 5.41) is 4.69. The molecule has 0 radical (unpaired) electrons. The average Bonchev–Trinajstić information content (AvgIpc) is 3.09. The van der Waals surface area contributed by atoms with Gasteiger partial charge in [-0.15, -0.1) is 11.6 Å². The molecule has 17 heavy (non-hydrogen) atoms. The Labute approximate surface area is 111 Å². The van der Waals surface area contributed by atoms with E-state index in [1.807, 2.05) is 0 Å². The maximum absolute atomic E-state index is 6.41. The summed E-state index contributed by atoms with van der Waals surface area (Å²) < 4.78 is 4.42. The highest BCUT2D eigenvalue weighted by Gasteiger charge is 2.28. The first-order valence-corrected chi connectivity index (χ1v) is 7.78. The summed E-state index contributed by atoms with van der Waals surface area (Å²) in [6.07, 6.45) is 8.64. The van der Waals surface area contributed by atoms with Crippen LogP contribution in [-0.2, 0) is 0 Å². The van der Waals surface area contributed by atoms with E-state index in [1.54, 1.807) is 0 Å². The monoisotopic (exact) mass is 271 g/mol. The van der Waals surface area contributed by atoms with Crippen LogP contribution in [0.2, 0.25) is 0 Å². The summed E-state index contributed by atoms with van der Waals surface area (Å²) in [5.41, 5.74) is 0. The van der Waals surface area contributed by atoms with Gasteiger partial charge in [0.05, 0.1) is 5.38 Å². The Hall–Kier alpha value is -0.350. The van der Waals surface area contributed by atoms with Crippen molar-refractivity contribution in [2.75, 3.05) is 5.32 Å². The van der Waals surface area contributed by atoms with Gasteiger partial charge >= 0.3 is 0 Å². The van der Waals surface area contributed by atoms with E-state index in [9.17, 15) is 0 Å². The predicted molar refractivity (Wildman–Crippen MR) is 72.0 cm³/mol. The molecule has 0 aromatic carbocycles. The van der Waals surface area contributed by atoms with Crippen molar-refractivity contribution in [1.82, 2.24) is 9.36 Å². The number of aromatic nitrogens is 2. The lowest BCUT2D eigenvalue weighted by Crippen LogP contribution is -2.28. The third-order valence-electron chi connectivity index (χ3n) is 3.62. The van der Waals surface area contributed by atoms with Gasteiger partial charge in [-0.2, -0.15) is 4.37 Å². The van der Waals surface area contributed by atoms with E-state index < -0.39 is 0 Å². The SMILES string of the molecule is ClC1CCCCCC1Nc1nc(C2CC2)ns1. The molecular formula is C12H18ClN3S. The number of alkyl halides is 1. The van der Waals surface area contributed by atoms with Crippen LogP contribution in [0.5, 0.6) is 0 Å². The Balaban J connectivity index is 1.63. The van der Waals surface area contributed by atoms with E-state index >= 15 is 0 Å². The number of hydrogen-bond donors (Lipinski definition) is 1. The van der Waals surface area contributed by atoms with Crippen molar-refractivity contribution in [2.45, 2.75) is 62.3 Å². The Kier molecular flexibility index (Phi) is 3.52. The first-order valence-electron chi connectivity index (χ1n) is 6.57. The van der Waals surface area contributed by atoms with E-state index in [-0.39, 0.29) is 5.38 Å². The molecule has 1 aromatic rings. The van der Waals surface area contributed by atoms with Crippen molar-refractivity contribution >= 4 is 28.3 Å². The van der Waals surface area contributed by atoms with Crippen LogP contribution in [0.3, 0.4) is 0 Å². The summed E-state index contributed by atoms with van der Waals surface area (Å²) in [5.74, 6) is 1.68. The van der Waals surface area contributed by atoms with Gasteiger partial charge in [0.15, 0.2) is 0 Å². The molecule has 94 valence electrons. The smallest absolute Gasteiger partial charge is 0.202 e. The fraction of sp³-hybridized carbons (Fsp3) is 0.833. The second-order valence-electron chi connectivity index (χ2n) is 5.14. The van der Waals surface area contributed by atoms with Gasteiger partial charge in [0.25, 0.3) is 0 Å². The van der Waals surface area contributed by atoms with Crippen molar-refractivity contribution in [1.29, 1.82) is 0 Å². The highest BCUT2D eigenvalue weighted by Crippen LogP contribution is 2.39. The van der Waals surface area contributed by atoms with Gasteiger partial charge < -0.3 is 5.32 Å². The number of nitrogens with zero attached hydrogens (tertiary/aromatic N) is 2. The molecule has 2 aliphatic rings. The lowest BCUT2D eigenvalue weighted by molar-refractivity contribution is 0.626. The zero-order valence-electron chi connectivity index (χ0n) is 9.86. The second-order valence-corrected chi connectivity index (χ2v) is 6.45. The van der Waals surface area contributed by atoms with Crippen LogP contribution in [0.25, 0.3) is 0 Å². The zero-order valence-corrected chi connectivity index (χ0v) is 11.4. The highest BCUT2D eigenvalue weighted by molar-refractivity contribution is 7.09. The van der Waals surface area contributed by atoms with Gasteiger partial charge in [-0.25, -0.2) is 4.98 Å². The molecule has 5 heteroatoms. The Morgan fingerprint density at radius 2 is 1.94 bits per heavy atom. The van der Waals surface area contributed by atoms with E-state index in [0.29, 0.717) is 12.0 Å². The standard InChI is InChI=1S/C12H18ClN3S/c13-9-4-2-1-3-5-10(9)14-12-15-11(16-17-12)8-6-7-8/h8-10H,1-7H2,(H,14,15,16). The molecule has 0 saturated heterocycles. The second kappa shape index (κ2) is 5.11. The van der Waals surface area contributed by atoms with E-state index in [2.05, 4.69) is 14.7 Å². The van der Waals surface area contributed by atoms with Gasteiger partial charge in [0.1, 0.15) is 5.82 Å². The van der Waals surface area contributed by atoms with Crippen LogP contribution >= 0.6 is 23.1 Å². The third-order valence-corrected chi connectivity index (χ3v) is 4.81. The van der Waals surface area contributed by atoms with Gasteiger partial charge in [-0.3, -0.25) is 0 Å². The number of rotatable bonds is 3. The summed E-state index contributed by atoms with van der Waals surface area (Å²) in [6, 6.07) is 0.374. The molecule has 2 fully saturated rings. The van der Waals surface area contributed by atoms with Crippen molar-refractivity contribution in [3.05, 3.63) is 5.82 Å². The van der Waals surface area contributed by atoms with E-state index in [4.69, 9.17) is 11.6 Å². The van der Waals surface area contributed by atoms with Crippen LogP contribution in [0.1, 0.15) is 56.7 Å². The van der Waals surface area contributed by atoms with Gasteiger partial charge in [0.2, 0.25) is 5.13 Å². The lowest BCUT2D eigenvalue weighted by atomic mass is 10.1. The first-order chi connectivity index (χ1) is 8.33. The molecule has 1 heterocycles. The topological polar surface area (TPSA) is 37.8 Å². The summed E-state index contributed by atoms with van der Waals surface area (Å²) >= 11 is 7.90. The van der Waals surface area contributed by atoms with Gasteiger partial charge in [0, 0.05) is 23.5 Å². The molecule has 1 N–H and O–H groups in total. The number of hydrogen-bond acceptors (Lipinski definition) is 4. The minimum absolute atomic E-state index is 0.241. The van der Waals surface area contributed by atoms with Crippen molar-refractivity contribution in [2.24, 2.45) is 0 Å². The first kappa shape index (κ1) is 11.7. The molecule has 2 unspecified atom stereocenters. The molecule has 1 aromatic heterocycles. The molecule has 3 rings (SSSR count). The Morgan fingerprint density at radius 3 is 2.76 bits per heavy atom. The minimum atomic E-state index is 0.241. The summed E-state index contributed by atoms with van der Waals surface area (Å²) in [7, 11) is 0. The quantitative estimate of drug-likeness (QED) is 0.672. The number of nitrogens with one attached hydrogen (secondary N) is 1. The van der Waals surface area contributed by atoms with Crippen molar-refractivity contribution in [3.8, 4) is 0 Å². The molecule has 2 saturated carbocycles. The lowest BCUT2D eigenvalue weighted by Gasteiger charge is -2.20. The van der Waals surface area contributed by atoms with Crippen LogP contribution in [0.15, 0.2) is 0 Å². The molecule has 0 bridgehead atoms. The maximum Gasteiger partial charge on any atom is 0.202 e. The average molecular weight is 272 g/mol. The van der Waals surface area contributed by atoms with Gasteiger partial charge in [-0.05, 0) is 25.7 Å². The Morgan fingerprint density at radius 1 is 1.12 bits per heavy atom. The third kappa shape index (κ3) is 2.91. The minimum Gasteiger partial charge on any atom is -0.356 e. The normalized spacial score (nSPS) is 29.9. The summed E-state index contributed by atoms with van der Waals surface area (Å²) in [6.45, 7) is 0. The molecule has 3 nitrogen and oxygen atoms in total. The van der Waals surface area contributed by atoms with Crippen LogP contribution in [-0.4, -0.2) is 20.8 Å². The van der Waals surface area contributed by atoms with Gasteiger partial charge in [-0.1, -0.05) is 19.3 Å². The fourth-order valence-electron chi connectivity index (χ4n) is 2.38. The van der Waals surface area contributed by atoms with Crippen LogP contribution in [0, 0.1) is 0 Å². The molecule has 2 atom stereocenters. The molecule has 0 aliphatic heterocycles. The molecule has 0 spiro atoms. The summed E-state index contributed by atoms with van der Waals surface area (Å²) in [4.78, 5) is 4.57. The maximum atomic E-state index is 6.41. The number of anilines is 1. The van der Waals surface area contributed by atoms with Crippen LogP contribution in [0.4, 0.5) is 5.13 Å². The highest BCUT2D eigenvalue weighted by atomic mass is 35.5. The van der Waals surface area contributed by atoms with Crippen LogP contribution < -0.4 is 5.32 Å². The largest absolute Gasteiger partial charge is 0.356 e. The fourth-order valence-corrected chi connectivity index (χ4v) is 3.44. The van der Waals surface area contributed by atoms with Crippen molar-refractivity contribution < 1.29 is 0 Å². The predicted octanol–water partition coefficient (Wildman–Crippen LogP) is 3.77.